The lowest BCUT2D eigenvalue weighted by atomic mass is 9.94. The van der Waals surface area contributed by atoms with Crippen molar-refractivity contribution in [2.45, 2.75) is 0 Å². The van der Waals surface area contributed by atoms with Crippen LogP contribution in [-0.2, 0) is 0 Å². The molecule has 0 radical (unpaired) electrons. The Morgan fingerprint density at radius 1 is 0.187 bits per heavy atom. The summed E-state index contributed by atoms with van der Waals surface area (Å²) in [4.78, 5) is 4.71. The molecule has 0 spiro atoms. The van der Waals surface area contributed by atoms with Crippen LogP contribution in [0.2, 0.25) is 0 Å². The fraction of sp³-hybridized carbons (Fsp3) is 0. The Morgan fingerprint density at radius 2 is 0.507 bits per heavy atom. The Kier molecular flexibility index (Phi) is 10.8. The molecule has 3 heteroatoms. The Balaban J connectivity index is 0.955. The van der Waals surface area contributed by atoms with E-state index in [1.54, 1.807) is 0 Å². The van der Waals surface area contributed by atoms with Crippen molar-refractivity contribution in [1.29, 1.82) is 0 Å². The molecule has 3 nitrogen and oxygen atoms in total. The van der Waals surface area contributed by atoms with Gasteiger partial charge in [0, 0.05) is 50.6 Å². The summed E-state index contributed by atoms with van der Waals surface area (Å²) in [5, 5.41) is 9.93. The minimum absolute atomic E-state index is 1.08. The first kappa shape index (κ1) is 43.8. The molecule has 0 aliphatic rings. The highest BCUT2D eigenvalue weighted by Crippen LogP contribution is 2.44. The number of aromatic nitrogens is 1. The highest BCUT2D eigenvalue weighted by atomic mass is 15.1. The van der Waals surface area contributed by atoms with Crippen molar-refractivity contribution in [3.05, 3.63) is 297 Å². The number of rotatable bonds is 10. The molecule has 0 amide bonds. The lowest BCUT2D eigenvalue weighted by molar-refractivity contribution is 1.18. The topological polar surface area (TPSA) is 11.4 Å². The molecule has 352 valence electrons. The quantitative estimate of drug-likeness (QED) is 0.127. The number of fused-ring (bicyclic) bond motifs is 9. The fourth-order valence-electron chi connectivity index (χ4n) is 11.4. The summed E-state index contributed by atoms with van der Waals surface area (Å²) in [5.74, 6) is 0. The molecule has 0 saturated carbocycles. The maximum Gasteiger partial charge on any atom is 0.0542 e. The van der Waals surface area contributed by atoms with E-state index in [0.717, 1.165) is 62.0 Å². The van der Waals surface area contributed by atoms with Crippen molar-refractivity contribution in [2.75, 3.05) is 9.80 Å². The van der Waals surface area contributed by atoms with Crippen molar-refractivity contribution in [1.82, 2.24) is 4.57 Å². The summed E-state index contributed by atoms with van der Waals surface area (Å²) >= 11 is 0. The van der Waals surface area contributed by atoms with Crippen LogP contribution in [0.5, 0.6) is 0 Å². The highest BCUT2D eigenvalue weighted by Gasteiger charge is 2.20. The van der Waals surface area contributed by atoms with Gasteiger partial charge in [0.1, 0.15) is 0 Å². The Morgan fingerprint density at radius 3 is 0.987 bits per heavy atom. The molecule has 0 saturated heterocycles. The molecule has 0 aliphatic carbocycles. The fourth-order valence-corrected chi connectivity index (χ4v) is 11.4. The minimum atomic E-state index is 1.08. The van der Waals surface area contributed by atoms with E-state index in [1.807, 2.05) is 0 Å². The molecule has 1 aromatic heterocycles. The van der Waals surface area contributed by atoms with Gasteiger partial charge in [-0.15, -0.1) is 0 Å². The predicted molar refractivity (Wildman–Crippen MR) is 319 cm³/mol. The molecule has 0 aliphatic heterocycles. The first-order valence-corrected chi connectivity index (χ1v) is 25.7. The lowest BCUT2D eigenvalue weighted by Gasteiger charge is -2.26. The highest BCUT2D eigenvalue weighted by molar-refractivity contribution is 6.25. The maximum atomic E-state index is 2.47. The van der Waals surface area contributed by atoms with Crippen molar-refractivity contribution < 1.29 is 0 Å². The third-order valence-electron chi connectivity index (χ3n) is 14.9. The second kappa shape index (κ2) is 18.6. The van der Waals surface area contributed by atoms with E-state index in [4.69, 9.17) is 0 Å². The first-order valence-electron chi connectivity index (χ1n) is 25.7. The van der Waals surface area contributed by atoms with Gasteiger partial charge in [-0.05, 0) is 169 Å². The van der Waals surface area contributed by atoms with Gasteiger partial charge in [0.2, 0.25) is 0 Å². The maximum absolute atomic E-state index is 2.47. The molecule has 14 rings (SSSR count). The van der Waals surface area contributed by atoms with Crippen LogP contribution in [0, 0.1) is 0 Å². The second-order valence-electron chi connectivity index (χ2n) is 19.3. The van der Waals surface area contributed by atoms with Gasteiger partial charge in [0.15, 0.2) is 0 Å². The number of hydrogen-bond donors (Lipinski definition) is 0. The molecule has 0 unspecified atom stereocenters. The van der Waals surface area contributed by atoms with E-state index >= 15 is 0 Å². The van der Waals surface area contributed by atoms with E-state index in [2.05, 4.69) is 312 Å². The zero-order valence-electron chi connectivity index (χ0n) is 41.1. The molecular formula is C72H49N3. The second-order valence-corrected chi connectivity index (χ2v) is 19.3. The SMILES string of the molecule is c1ccc(-c2ccc(N(c3ccc(-c4ccccc4)cc3)c3ccc4c(c3)c3cc(-c5ccc(N(c6ccccc6)c6ccccc6)cc5)ccc3n4-c3ccc4c5ccccc5c5ccccc5c4c3)cc2)cc1. The smallest absolute Gasteiger partial charge is 0.0542 e. The van der Waals surface area contributed by atoms with Crippen LogP contribution in [0.1, 0.15) is 0 Å². The number of para-hydroxylation sites is 2. The molecule has 75 heavy (non-hydrogen) atoms. The third-order valence-corrected chi connectivity index (χ3v) is 14.9. The number of hydrogen-bond acceptors (Lipinski definition) is 2. The number of nitrogens with zero attached hydrogens (tertiary/aromatic N) is 3. The molecule has 1 heterocycles. The van der Waals surface area contributed by atoms with Crippen molar-refractivity contribution in [3.63, 3.8) is 0 Å². The van der Waals surface area contributed by atoms with Crippen LogP contribution in [0.15, 0.2) is 297 Å². The predicted octanol–water partition coefficient (Wildman–Crippen LogP) is 20.2. The van der Waals surface area contributed by atoms with Crippen LogP contribution < -0.4 is 9.80 Å². The monoisotopic (exact) mass is 955 g/mol. The number of benzene rings is 13. The van der Waals surface area contributed by atoms with Gasteiger partial charge in [0.25, 0.3) is 0 Å². The average molecular weight is 956 g/mol. The molecule has 0 N–H and O–H groups in total. The zero-order chi connectivity index (χ0) is 49.7. The zero-order valence-corrected chi connectivity index (χ0v) is 41.1. The van der Waals surface area contributed by atoms with Gasteiger partial charge in [-0.1, -0.05) is 194 Å². The van der Waals surface area contributed by atoms with Crippen molar-refractivity contribution in [3.8, 4) is 39.1 Å². The summed E-state index contributed by atoms with van der Waals surface area (Å²) in [6.07, 6.45) is 0. The Bertz CT molecular complexity index is 4200. The molecule has 13 aromatic carbocycles. The van der Waals surface area contributed by atoms with Gasteiger partial charge in [-0.3, -0.25) is 0 Å². The summed E-state index contributed by atoms with van der Waals surface area (Å²) in [6, 6.07) is 108. The molecule has 0 atom stereocenters. The minimum Gasteiger partial charge on any atom is -0.311 e. The van der Waals surface area contributed by atoms with Gasteiger partial charge in [-0.25, -0.2) is 0 Å². The normalized spacial score (nSPS) is 11.5. The molecular weight excluding hydrogens is 907 g/mol. The van der Waals surface area contributed by atoms with Crippen LogP contribution in [0.4, 0.5) is 34.1 Å². The first-order chi connectivity index (χ1) is 37.2. The largest absolute Gasteiger partial charge is 0.311 e. The molecule has 0 bridgehead atoms. The van der Waals surface area contributed by atoms with E-state index in [0.29, 0.717) is 0 Å². The summed E-state index contributed by atoms with van der Waals surface area (Å²) in [6.45, 7) is 0. The van der Waals surface area contributed by atoms with Crippen LogP contribution in [-0.4, -0.2) is 4.57 Å². The molecule has 14 aromatic rings. The van der Waals surface area contributed by atoms with Gasteiger partial charge in [0.05, 0.1) is 11.0 Å². The standard InChI is InChI=1S/C72H49N3/c1-5-17-50(18-6-1)52-29-36-59(37-30-52)74(60-38-31-53(32-39-60)51-19-7-2-8-20-51)61-43-46-72-70(49-61)69-47-55(54-33-40-58(41-34-54)73(56-21-9-3-10-22-56)57-23-11-4-12-24-57)35-45-71(69)75(72)62-42-44-67-65-27-14-13-25-63(65)64-26-15-16-28-66(64)68(67)48-62/h1-49H. The van der Waals surface area contributed by atoms with E-state index in [-0.39, 0.29) is 0 Å². The number of anilines is 6. The third kappa shape index (κ3) is 7.86. The van der Waals surface area contributed by atoms with Crippen LogP contribution in [0.25, 0.3) is 93.2 Å². The summed E-state index contributed by atoms with van der Waals surface area (Å²) in [5.41, 5.74) is 17.1. The summed E-state index contributed by atoms with van der Waals surface area (Å²) < 4.78 is 2.47. The Hall–Kier alpha value is -9.96. The molecule has 0 fully saturated rings. The van der Waals surface area contributed by atoms with Crippen molar-refractivity contribution >= 4 is 88.2 Å². The van der Waals surface area contributed by atoms with Gasteiger partial charge in [-0.2, -0.15) is 0 Å². The van der Waals surface area contributed by atoms with Gasteiger partial charge >= 0.3 is 0 Å². The van der Waals surface area contributed by atoms with Gasteiger partial charge < -0.3 is 14.4 Å². The summed E-state index contributed by atoms with van der Waals surface area (Å²) in [7, 11) is 0. The van der Waals surface area contributed by atoms with E-state index < -0.39 is 0 Å². The van der Waals surface area contributed by atoms with Crippen LogP contribution >= 0.6 is 0 Å². The Labute approximate surface area is 436 Å². The average Bonchev–Trinajstić information content (AvgIpc) is 3.88. The van der Waals surface area contributed by atoms with Crippen molar-refractivity contribution in [2.24, 2.45) is 0 Å². The van der Waals surface area contributed by atoms with Crippen LogP contribution in [0.3, 0.4) is 0 Å². The lowest BCUT2D eigenvalue weighted by Crippen LogP contribution is -2.10. The van der Waals surface area contributed by atoms with E-state index in [1.165, 1.54) is 65.3 Å². The van der Waals surface area contributed by atoms with E-state index in [9.17, 15) is 0 Å².